The van der Waals surface area contributed by atoms with Gasteiger partial charge in [-0.15, -0.1) is 11.3 Å². The molecule has 5 aromatic rings. The lowest BCUT2D eigenvalue weighted by Gasteiger charge is -2.32. The Morgan fingerprint density at radius 3 is 2.13 bits per heavy atom. The molecule has 0 spiro atoms. The monoisotopic (exact) mass is 411 g/mol. The second-order valence-corrected chi connectivity index (χ2v) is 10.1. The lowest BCUT2D eigenvalue weighted by molar-refractivity contribution is 0.00578. The number of thiophene rings is 1. The van der Waals surface area contributed by atoms with E-state index in [1.165, 1.54) is 25.6 Å². The molecule has 1 fully saturated rings. The van der Waals surface area contributed by atoms with Crippen molar-refractivity contribution < 1.29 is 9.31 Å². The first-order valence-electron chi connectivity index (χ1n) is 10.3. The lowest BCUT2D eigenvalue weighted by atomic mass is 9.79. The van der Waals surface area contributed by atoms with E-state index in [9.17, 15) is 0 Å². The zero-order valence-corrected chi connectivity index (χ0v) is 18.3. The molecule has 2 aromatic heterocycles. The summed E-state index contributed by atoms with van der Waals surface area (Å²) in [5.74, 6) is 0. The third-order valence-electron chi connectivity index (χ3n) is 6.71. The molecular formula is C25H22BNO2S. The van der Waals surface area contributed by atoms with E-state index < -0.39 is 18.3 Å². The molecule has 1 aliphatic heterocycles. The molecule has 6 rings (SSSR count). The first-order valence-corrected chi connectivity index (χ1v) is 11.2. The highest BCUT2D eigenvalue weighted by Gasteiger charge is 2.53. The van der Waals surface area contributed by atoms with Gasteiger partial charge in [0.2, 0.25) is 0 Å². The van der Waals surface area contributed by atoms with Gasteiger partial charge in [0, 0.05) is 30.9 Å². The zero-order chi connectivity index (χ0) is 20.7. The van der Waals surface area contributed by atoms with Crippen molar-refractivity contribution in [2.45, 2.75) is 38.9 Å². The molecule has 0 aliphatic carbocycles. The average Bonchev–Trinajstić information content (AvgIpc) is 3.20. The topological polar surface area (TPSA) is 31.4 Å². The van der Waals surface area contributed by atoms with Crippen LogP contribution in [0.4, 0.5) is 0 Å². The van der Waals surface area contributed by atoms with Gasteiger partial charge in [0.25, 0.3) is 0 Å². The highest BCUT2D eigenvalue weighted by atomic mass is 32.1. The van der Waals surface area contributed by atoms with Crippen molar-refractivity contribution in [3.63, 3.8) is 0 Å². The summed E-state index contributed by atoms with van der Waals surface area (Å²) in [7, 11) is -0.508. The highest BCUT2D eigenvalue weighted by Crippen LogP contribution is 2.41. The summed E-state index contributed by atoms with van der Waals surface area (Å²) in [4.78, 5) is 5.11. The zero-order valence-electron chi connectivity index (χ0n) is 17.5. The van der Waals surface area contributed by atoms with E-state index in [0.29, 0.717) is 0 Å². The number of nitrogens with zero attached hydrogens (tertiary/aromatic N) is 1. The minimum Gasteiger partial charge on any atom is -0.398 e. The van der Waals surface area contributed by atoms with Crippen LogP contribution < -0.4 is 5.59 Å². The van der Waals surface area contributed by atoms with Crippen LogP contribution in [0.5, 0.6) is 0 Å². The van der Waals surface area contributed by atoms with Gasteiger partial charge in [0.1, 0.15) is 0 Å². The van der Waals surface area contributed by atoms with Gasteiger partial charge in [-0.25, -0.2) is 0 Å². The maximum Gasteiger partial charge on any atom is 0.515 e. The average molecular weight is 411 g/mol. The first kappa shape index (κ1) is 18.3. The van der Waals surface area contributed by atoms with Crippen LogP contribution in [0.2, 0.25) is 0 Å². The van der Waals surface area contributed by atoms with Gasteiger partial charge in [0.15, 0.2) is 0 Å². The molecule has 0 atom stereocenters. The minimum absolute atomic E-state index is 0.415. The molecule has 5 heteroatoms. The molecule has 0 N–H and O–H groups in total. The number of para-hydroxylation sites is 1. The van der Waals surface area contributed by atoms with E-state index in [4.69, 9.17) is 14.3 Å². The van der Waals surface area contributed by atoms with Gasteiger partial charge in [-0.05, 0) is 51.3 Å². The van der Waals surface area contributed by atoms with E-state index in [0.717, 1.165) is 21.9 Å². The van der Waals surface area contributed by atoms with Crippen LogP contribution in [0, 0.1) is 0 Å². The third kappa shape index (κ3) is 2.43. The van der Waals surface area contributed by atoms with Crippen LogP contribution in [-0.4, -0.2) is 23.3 Å². The molecule has 0 unspecified atom stereocenters. The van der Waals surface area contributed by atoms with Gasteiger partial charge in [-0.3, -0.25) is 4.98 Å². The van der Waals surface area contributed by atoms with Crippen LogP contribution in [-0.2, 0) is 9.31 Å². The molecule has 30 heavy (non-hydrogen) atoms. The Kier molecular flexibility index (Phi) is 3.69. The number of benzene rings is 3. The first-order chi connectivity index (χ1) is 14.4. The standard InChI is InChI=1S/C25H22BNO2S/c1-24(2)25(3,4)29-26(28-24)23-22-16(15-9-5-7-11-18(15)27-23)13-14-20-21(22)17-10-6-8-12-19(17)30-20/h5-14H,1-4H3. The molecule has 0 bridgehead atoms. The number of hydrogen-bond donors (Lipinski definition) is 0. The van der Waals surface area contributed by atoms with Gasteiger partial charge >= 0.3 is 7.12 Å². The van der Waals surface area contributed by atoms with E-state index in [2.05, 4.69) is 82.3 Å². The lowest BCUT2D eigenvalue weighted by Crippen LogP contribution is -2.41. The third-order valence-corrected chi connectivity index (χ3v) is 7.85. The van der Waals surface area contributed by atoms with Gasteiger partial charge in [0.05, 0.1) is 22.3 Å². The summed E-state index contributed by atoms with van der Waals surface area (Å²) in [6, 6.07) is 21.4. The number of aromatic nitrogens is 1. The molecular weight excluding hydrogens is 389 g/mol. The molecule has 3 aromatic carbocycles. The van der Waals surface area contributed by atoms with E-state index in [1.54, 1.807) is 0 Å². The minimum atomic E-state index is -0.508. The maximum absolute atomic E-state index is 6.46. The highest BCUT2D eigenvalue weighted by molar-refractivity contribution is 7.26. The van der Waals surface area contributed by atoms with Crippen molar-refractivity contribution in [2.24, 2.45) is 0 Å². The summed E-state index contributed by atoms with van der Waals surface area (Å²) in [6.45, 7) is 8.36. The summed E-state index contributed by atoms with van der Waals surface area (Å²) in [5, 5.41) is 6.00. The molecule has 1 aliphatic rings. The summed E-state index contributed by atoms with van der Waals surface area (Å²) in [5.41, 5.74) is 1.01. The Hall–Kier alpha value is -2.47. The summed E-state index contributed by atoms with van der Waals surface area (Å²) >= 11 is 1.82. The van der Waals surface area contributed by atoms with Crippen molar-refractivity contribution in [3.8, 4) is 0 Å². The normalized spacial score (nSPS) is 18.2. The fraction of sp³-hybridized carbons (Fsp3) is 0.240. The van der Waals surface area contributed by atoms with E-state index >= 15 is 0 Å². The van der Waals surface area contributed by atoms with Gasteiger partial charge in [-0.1, -0.05) is 42.5 Å². The Morgan fingerprint density at radius 2 is 1.37 bits per heavy atom. The number of rotatable bonds is 1. The fourth-order valence-corrected chi connectivity index (χ4v) is 5.53. The summed E-state index contributed by atoms with van der Waals surface area (Å²) < 4.78 is 15.5. The SMILES string of the molecule is CC1(C)OB(c2nc3ccccc3c3ccc4sc5ccccc5c4c23)OC1(C)C. The maximum atomic E-state index is 6.46. The smallest absolute Gasteiger partial charge is 0.398 e. The molecule has 0 saturated carbocycles. The number of pyridine rings is 1. The quantitative estimate of drug-likeness (QED) is 0.248. The molecule has 1 saturated heterocycles. The van der Waals surface area contributed by atoms with Gasteiger partial charge in [-0.2, -0.15) is 0 Å². The Bertz CT molecular complexity index is 1450. The largest absolute Gasteiger partial charge is 0.515 e. The van der Waals surface area contributed by atoms with Crippen molar-refractivity contribution in [3.05, 3.63) is 60.7 Å². The molecule has 3 heterocycles. The molecule has 0 radical (unpaired) electrons. The van der Waals surface area contributed by atoms with E-state index in [-0.39, 0.29) is 0 Å². The fourth-order valence-electron chi connectivity index (χ4n) is 4.42. The van der Waals surface area contributed by atoms with E-state index in [1.807, 2.05) is 17.4 Å². The predicted molar refractivity (Wildman–Crippen MR) is 128 cm³/mol. The molecule has 0 amide bonds. The van der Waals surface area contributed by atoms with Crippen molar-refractivity contribution >= 4 is 65.9 Å². The second-order valence-electron chi connectivity index (χ2n) is 9.06. The molecule has 3 nitrogen and oxygen atoms in total. The van der Waals surface area contributed by atoms with Crippen LogP contribution in [0.25, 0.3) is 41.8 Å². The molecule has 148 valence electrons. The second kappa shape index (κ2) is 6.04. The summed E-state index contributed by atoms with van der Waals surface area (Å²) in [6.07, 6.45) is 0. The number of hydrogen-bond acceptors (Lipinski definition) is 4. The van der Waals surface area contributed by atoms with Crippen LogP contribution >= 0.6 is 11.3 Å². The van der Waals surface area contributed by atoms with Crippen LogP contribution in [0.15, 0.2) is 60.7 Å². The van der Waals surface area contributed by atoms with Crippen molar-refractivity contribution in [1.29, 1.82) is 0 Å². The Morgan fingerprint density at radius 1 is 0.700 bits per heavy atom. The van der Waals surface area contributed by atoms with Crippen molar-refractivity contribution in [1.82, 2.24) is 4.98 Å². The van der Waals surface area contributed by atoms with Gasteiger partial charge < -0.3 is 9.31 Å². The Labute approximate surface area is 179 Å². The van der Waals surface area contributed by atoms with Crippen molar-refractivity contribution in [2.75, 3.05) is 0 Å². The number of fused-ring (bicyclic) bond motifs is 7. The van der Waals surface area contributed by atoms with Crippen LogP contribution in [0.1, 0.15) is 27.7 Å². The predicted octanol–water partition coefficient (Wildman–Crippen LogP) is 6.06. The van der Waals surface area contributed by atoms with Crippen LogP contribution in [0.3, 0.4) is 0 Å². The Balaban J connectivity index is 1.78.